The minimum Gasteiger partial charge on any atom is -0.453 e. The van der Waals surface area contributed by atoms with Crippen molar-refractivity contribution in [3.05, 3.63) is 22.2 Å². The number of ether oxygens (including phenoxy) is 2. The van der Waals surface area contributed by atoms with Crippen LogP contribution in [0.3, 0.4) is 0 Å². The third-order valence-corrected chi connectivity index (χ3v) is 2.84. The first kappa shape index (κ1) is 10.6. The number of rotatable bonds is 3. The van der Waals surface area contributed by atoms with Crippen molar-refractivity contribution in [2.45, 2.75) is 19.8 Å². The SMILES string of the molecule is Cc1c(CCCO)cc(Cl)c2c1OCO2. The van der Waals surface area contributed by atoms with Gasteiger partial charge < -0.3 is 14.6 Å². The minimum atomic E-state index is 0.186. The molecule has 1 aliphatic heterocycles. The summed E-state index contributed by atoms with van der Waals surface area (Å²) in [6, 6.07) is 1.89. The van der Waals surface area contributed by atoms with Crippen LogP contribution >= 0.6 is 11.6 Å². The highest BCUT2D eigenvalue weighted by atomic mass is 35.5. The van der Waals surface area contributed by atoms with Crippen LogP contribution in [-0.2, 0) is 6.42 Å². The van der Waals surface area contributed by atoms with E-state index < -0.39 is 0 Å². The van der Waals surface area contributed by atoms with Gasteiger partial charge in [0.15, 0.2) is 11.5 Å². The molecular formula is C11H13ClO3. The summed E-state index contributed by atoms with van der Waals surface area (Å²) in [7, 11) is 0. The summed E-state index contributed by atoms with van der Waals surface area (Å²) in [4.78, 5) is 0. The Morgan fingerprint density at radius 2 is 2.13 bits per heavy atom. The maximum absolute atomic E-state index is 8.79. The Balaban J connectivity index is 2.36. The lowest BCUT2D eigenvalue weighted by atomic mass is 10.0. The van der Waals surface area contributed by atoms with Crippen molar-refractivity contribution >= 4 is 11.6 Å². The van der Waals surface area contributed by atoms with Crippen LogP contribution in [0.5, 0.6) is 11.5 Å². The second-order valence-corrected chi connectivity index (χ2v) is 3.94. The van der Waals surface area contributed by atoms with E-state index in [2.05, 4.69) is 0 Å². The van der Waals surface area contributed by atoms with Crippen LogP contribution in [0.15, 0.2) is 6.07 Å². The molecule has 2 rings (SSSR count). The number of hydrogen-bond donors (Lipinski definition) is 1. The van der Waals surface area contributed by atoms with Gasteiger partial charge in [-0.2, -0.15) is 0 Å². The molecule has 0 aromatic heterocycles. The number of aliphatic hydroxyl groups is 1. The topological polar surface area (TPSA) is 38.7 Å². The molecule has 3 nitrogen and oxygen atoms in total. The van der Waals surface area contributed by atoms with Crippen molar-refractivity contribution in [1.29, 1.82) is 0 Å². The molecule has 0 amide bonds. The van der Waals surface area contributed by atoms with Gasteiger partial charge in [0.2, 0.25) is 6.79 Å². The van der Waals surface area contributed by atoms with Gasteiger partial charge in [0.05, 0.1) is 5.02 Å². The highest BCUT2D eigenvalue weighted by Gasteiger charge is 2.21. The van der Waals surface area contributed by atoms with Crippen molar-refractivity contribution in [3.63, 3.8) is 0 Å². The van der Waals surface area contributed by atoms with Crippen LogP contribution in [-0.4, -0.2) is 18.5 Å². The maximum Gasteiger partial charge on any atom is 0.231 e. The van der Waals surface area contributed by atoms with Crippen molar-refractivity contribution in [1.82, 2.24) is 0 Å². The summed E-state index contributed by atoms with van der Waals surface area (Å²) < 4.78 is 10.6. The summed E-state index contributed by atoms with van der Waals surface area (Å²) in [6.45, 7) is 2.40. The molecule has 4 heteroatoms. The summed E-state index contributed by atoms with van der Waals surface area (Å²) >= 11 is 6.06. The maximum atomic E-state index is 8.79. The molecule has 15 heavy (non-hydrogen) atoms. The first-order chi connectivity index (χ1) is 7.24. The average molecular weight is 229 g/mol. The van der Waals surface area contributed by atoms with E-state index in [4.69, 9.17) is 26.2 Å². The van der Waals surface area contributed by atoms with E-state index in [9.17, 15) is 0 Å². The van der Waals surface area contributed by atoms with E-state index in [0.717, 1.165) is 29.7 Å². The molecule has 0 fully saturated rings. The van der Waals surface area contributed by atoms with E-state index in [1.807, 2.05) is 13.0 Å². The fraction of sp³-hybridized carbons (Fsp3) is 0.455. The van der Waals surface area contributed by atoms with Crippen molar-refractivity contribution in [3.8, 4) is 11.5 Å². The third-order valence-electron chi connectivity index (χ3n) is 2.56. The molecule has 0 radical (unpaired) electrons. The number of benzene rings is 1. The predicted octanol–water partition coefficient (Wildman–Crippen LogP) is 2.30. The Morgan fingerprint density at radius 3 is 2.87 bits per heavy atom. The average Bonchev–Trinajstić information content (AvgIpc) is 2.70. The number of halogens is 1. The standard InChI is InChI=1S/C11H13ClO3/c1-7-8(3-2-4-13)5-9(12)11-10(7)14-6-15-11/h5,13H,2-4,6H2,1H3. The Labute approximate surface area is 93.6 Å². The highest BCUT2D eigenvalue weighted by Crippen LogP contribution is 2.43. The van der Waals surface area contributed by atoms with Gasteiger partial charge in [-0.15, -0.1) is 0 Å². The van der Waals surface area contributed by atoms with Gasteiger partial charge in [-0.1, -0.05) is 11.6 Å². The molecule has 82 valence electrons. The van der Waals surface area contributed by atoms with Gasteiger partial charge in [-0.05, 0) is 37.0 Å². The second-order valence-electron chi connectivity index (χ2n) is 3.53. The lowest BCUT2D eigenvalue weighted by Gasteiger charge is -2.09. The van der Waals surface area contributed by atoms with Crippen LogP contribution < -0.4 is 9.47 Å². The molecular weight excluding hydrogens is 216 g/mol. The molecule has 1 aromatic rings. The van der Waals surface area contributed by atoms with Crippen molar-refractivity contribution < 1.29 is 14.6 Å². The number of aliphatic hydroxyl groups excluding tert-OH is 1. The molecule has 1 heterocycles. The van der Waals surface area contributed by atoms with E-state index in [-0.39, 0.29) is 13.4 Å². The number of aryl methyl sites for hydroxylation is 1. The molecule has 1 N–H and O–H groups in total. The Bertz CT molecular complexity index is 377. The van der Waals surface area contributed by atoms with Gasteiger partial charge in [0, 0.05) is 6.61 Å². The molecule has 0 aliphatic carbocycles. The van der Waals surface area contributed by atoms with E-state index >= 15 is 0 Å². The molecule has 0 atom stereocenters. The zero-order valence-electron chi connectivity index (χ0n) is 8.55. The second kappa shape index (κ2) is 4.29. The monoisotopic (exact) mass is 228 g/mol. The van der Waals surface area contributed by atoms with Crippen LogP contribution in [0.4, 0.5) is 0 Å². The molecule has 0 bridgehead atoms. The summed E-state index contributed by atoms with van der Waals surface area (Å²) in [6.07, 6.45) is 1.54. The lowest BCUT2D eigenvalue weighted by molar-refractivity contribution is 0.173. The van der Waals surface area contributed by atoms with Crippen LogP contribution in [0.2, 0.25) is 5.02 Å². The van der Waals surface area contributed by atoms with Crippen molar-refractivity contribution in [2.24, 2.45) is 0 Å². The number of fused-ring (bicyclic) bond motifs is 1. The Kier molecular flexibility index (Phi) is 3.03. The zero-order valence-corrected chi connectivity index (χ0v) is 9.30. The smallest absolute Gasteiger partial charge is 0.231 e. The van der Waals surface area contributed by atoms with Crippen LogP contribution in [0.1, 0.15) is 17.5 Å². The van der Waals surface area contributed by atoms with Crippen molar-refractivity contribution in [2.75, 3.05) is 13.4 Å². The predicted molar refractivity (Wildman–Crippen MR) is 57.7 cm³/mol. The molecule has 1 aliphatic rings. The quantitative estimate of drug-likeness (QED) is 0.863. The minimum absolute atomic E-state index is 0.186. The fourth-order valence-corrected chi connectivity index (χ4v) is 2.01. The summed E-state index contributed by atoms with van der Waals surface area (Å²) in [5.41, 5.74) is 2.17. The number of hydrogen-bond acceptors (Lipinski definition) is 3. The summed E-state index contributed by atoms with van der Waals surface area (Å²) in [5.74, 6) is 1.39. The normalized spacial score (nSPS) is 13.3. The van der Waals surface area contributed by atoms with E-state index in [1.165, 1.54) is 0 Å². The van der Waals surface area contributed by atoms with Crippen LogP contribution in [0.25, 0.3) is 0 Å². The van der Waals surface area contributed by atoms with Gasteiger partial charge in [0.1, 0.15) is 0 Å². The van der Waals surface area contributed by atoms with Crippen LogP contribution in [0, 0.1) is 6.92 Å². The van der Waals surface area contributed by atoms with Gasteiger partial charge >= 0.3 is 0 Å². The van der Waals surface area contributed by atoms with Gasteiger partial charge in [0.25, 0.3) is 0 Å². The third kappa shape index (κ3) is 1.90. The zero-order chi connectivity index (χ0) is 10.8. The molecule has 0 unspecified atom stereocenters. The first-order valence-electron chi connectivity index (χ1n) is 4.92. The van der Waals surface area contributed by atoms with E-state index in [0.29, 0.717) is 10.8 Å². The van der Waals surface area contributed by atoms with Gasteiger partial charge in [-0.3, -0.25) is 0 Å². The molecule has 0 saturated carbocycles. The largest absolute Gasteiger partial charge is 0.453 e. The summed E-state index contributed by atoms with van der Waals surface area (Å²) in [5, 5.41) is 9.38. The van der Waals surface area contributed by atoms with Gasteiger partial charge in [-0.25, -0.2) is 0 Å². The Hall–Kier alpha value is -0.930. The lowest BCUT2D eigenvalue weighted by Crippen LogP contribution is -1.95. The fourth-order valence-electron chi connectivity index (χ4n) is 1.74. The molecule has 0 saturated heterocycles. The molecule has 0 spiro atoms. The molecule has 1 aromatic carbocycles. The van der Waals surface area contributed by atoms with E-state index in [1.54, 1.807) is 0 Å². The first-order valence-corrected chi connectivity index (χ1v) is 5.30. The Morgan fingerprint density at radius 1 is 1.40 bits per heavy atom. The highest BCUT2D eigenvalue weighted by molar-refractivity contribution is 6.32.